The zero-order valence-electron chi connectivity index (χ0n) is 18.0. The molecule has 0 fully saturated rings. The van der Waals surface area contributed by atoms with Crippen LogP contribution < -0.4 is 21.9 Å². The Bertz CT molecular complexity index is 1570. The van der Waals surface area contributed by atoms with Gasteiger partial charge in [-0.25, -0.2) is 22.7 Å². The van der Waals surface area contributed by atoms with Crippen LogP contribution in [0.1, 0.15) is 24.5 Å². The fourth-order valence-electron chi connectivity index (χ4n) is 3.61. The second-order valence-corrected chi connectivity index (χ2v) is 7.66. The zero-order chi connectivity index (χ0) is 25.4. The van der Waals surface area contributed by atoms with Crippen molar-refractivity contribution in [2.45, 2.75) is 13.3 Å². The van der Waals surface area contributed by atoms with Crippen LogP contribution in [0.25, 0.3) is 16.6 Å². The molecule has 0 unspecified atom stereocenters. The molecule has 0 aliphatic rings. The van der Waals surface area contributed by atoms with Gasteiger partial charge in [0.15, 0.2) is 5.82 Å². The number of alkyl halides is 2. The third-order valence-corrected chi connectivity index (χ3v) is 5.42. The van der Waals surface area contributed by atoms with Gasteiger partial charge in [-0.1, -0.05) is 17.7 Å². The molecular formula is C22H16ClF3N8O. The topological polar surface area (TPSA) is 140 Å². The summed E-state index contributed by atoms with van der Waals surface area (Å²) in [5, 5.41) is 9.69. The summed E-state index contributed by atoms with van der Waals surface area (Å²) in [7, 11) is 0. The predicted molar refractivity (Wildman–Crippen MR) is 126 cm³/mol. The first-order valence-corrected chi connectivity index (χ1v) is 10.4. The minimum atomic E-state index is -3.01. The molecule has 35 heavy (non-hydrogen) atoms. The molecule has 0 aliphatic carbocycles. The number of rotatable bonds is 5. The number of nitrogens with zero attached hydrogens (tertiary/aromatic N) is 6. The first-order chi connectivity index (χ1) is 16.7. The van der Waals surface area contributed by atoms with E-state index in [0.29, 0.717) is 6.07 Å². The lowest BCUT2D eigenvalue weighted by molar-refractivity contribution is 0.151. The molecule has 0 bridgehead atoms. The van der Waals surface area contributed by atoms with Crippen LogP contribution in [0.5, 0.6) is 0 Å². The molecule has 4 rings (SSSR count). The molecular weight excluding hydrogens is 485 g/mol. The van der Waals surface area contributed by atoms with Crippen molar-refractivity contribution in [3.8, 4) is 11.8 Å². The first kappa shape index (κ1) is 23.8. The number of benzene rings is 2. The van der Waals surface area contributed by atoms with Gasteiger partial charge in [0.1, 0.15) is 23.3 Å². The Balaban J connectivity index is 2.15. The number of aromatic nitrogens is 4. The van der Waals surface area contributed by atoms with Crippen molar-refractivity contribution in [2.24, 2.45) is 0 Å². The van der Waals surface area contributed by atoms with Crippen molar-refractivity contribution < 1.29 is 13.2 Å². The summed E-state index contributed by atoms with van der Waals surface area (Å²) < 4.78 is 42.2. The third-order valence-electron chi connectivity index (χ3n) is 5.10. The van der Waals surface area contributed by atoms with E-state index in [2.05, 4.69) is 15.0 Å². The number of halogens is 4. The van der Waals surface area contributed by atoms with Gasteiger partial charge < -0.3 is 11.5 Å². The highest BCUT2D eigenvalue weighted by molar-refractivity contribution is 6.35. The van der Waals surface area contributed by atoms with Crippen molar-refractivity contribution in [3.63, 3.8) is 0 Å². The summed E-state index contributed by atoms with van der Waals surface area (Å²) in [5.74, 6) is -1.69. The van der Waals surface area contributed by atoms with E-state index in [9.17, 15) is 23.2 Å². The van der Waals surface area contributed by atoms with Gasteiger partial charge in [-0.3, -0.25) is 9.69 Å². The maximum Gasteiger partial charge on any atom is 0.268 e. The normalized spacial score (nSPS) is 11.1. The van der Waals surface area contributed by atoms with Crippen molar-refractivity contribution in [1.82, 2.24) is 19.5 Å². The van der Waals surface area contributed by atoms with Gasteiger partial charge in [-0.2, -0.15) is 15.2 Å². The highest BCUT2D eigenvalue weighted by Gasteiger charge is 2.25. The van der Waals surface area contributed by atoms with Crippen LogP contribution in [0.3, 0.4) is 0 Å². The SMILES string of the molecule is CCN(c1nc(N)nc(N)c1C#N)c1nc2cccc(Cl)c2c(=O)n1-c1cc(F)cc(C(F)F)c1. The molecule has 0 amide bonds. The summed E-state index contributed by atoms with van der Waals surface area (Å²) in [4.78, 5) is 27.3. The van der Waals surface area contributed by atoms with E-state index in [1.54, 1.807) is 13.0 Å². The molecule has 0 radical (unpaired) electrons. The smallest absolute Gasteiger partial charge is 0.268 e. The summed E-state index contributed by atoms with van der Waals surface area (Å²) in [5.41, 5.74) is 9.97. The summed E-state index contributed by atoms with van der Waals surface area (Å²) in [6.07, 6.45) is -3.01. The highest BCUT2D eigenvalue weighted by Crippen LogP contribution is 2.32. The zero-order valence-corrected chi connectivity index (χ0v) is 18.8. The highest BCUT2D eigenvalue weighted by atomic mass is 35.5. The first-order valence-electron chi connectivity index (χ1n) is 10.1. The fourth-order valence-corrected chi connectivity index (χ4v) is 3.87. The third kappa shape index (κ3) is 4.17. The number of hydrogen-bond acceptors (Lipinski definition) is 8. The Morgan fingerprint density at radius 1 is 1.20 bits per heavy atom. The van der Waals surface area contributed by atoms with Gasteiger partial charge in [0, 0.05) is 12.1 Å². The van der Waals surface area contributed by atoms with Gasteiger partial charge in [0.25, 0.3) is 12.0 Å². The van der Waals surface area contributed by atoms with Crippen LogP contribution in [-0.2, 0) is 0 Å². The molecule has 4 aromatic rings. The Morgan fingerprint density at radius 3 is 2.60 bits per heavy atom. The second kappa shape index (κ2) is 9.11. The van der Waals surface area contributed by atoms with Gasteiger partial charge in [-0.15, -0.1) is 0 Å². The molecule has 0 aliphatic heterocycles. The van der Waals surface area contributed by atoms with E-state index in [1.165, 1.54) is 17.0 Å². The molecule has 0 saturated heterocycles. The molecule has 4 N–H and O–H groups in total. The van der Waals surface area contributed by atoms with Crippen LogP contribution in [0.4, 0.5) is 36.7 Å². The maximum absolute atomic E-state index is 14.4. The van der Waals surface area contributed by atoms with Crippen LogP contribution in [0, 0.1) is 17.1 Å². The molecule has 0 saturated carbocycles. The average Bonchev–Trinajstić information content (AvgIpc) is 2.79. The van der Waals surface area contributed by atoms with Crippen LogP contribution in [0.2, 0.25) is 5.02 Å². The fraction of sp³-hybridized carbons (Fsp3) is 0.136. The number of anilines is 4. The molecule has 2 aromatic carbocycles. The molecule has 178 valence electrons. The predicted octanol–water partition coefficient (Wildman–Crippen LogP) is 4.10. The average molecular weight is 501 g/mol. The molecule has 0 atom stereocenters. The van der Waals surface area contributed by atoms with E-state index in [1.807, 2.05) is 6.07 Å². The molecule has 9 nitrogen and oxygen atoms in total. The lowest BCUT2D eigenvalue weighted by atomic mass is 10.2. The molecule has 2 heterocycles. The Hall–Kier alpha value is -4.37. The van der Waals surface area contributed by atoms with Crippen LogP contribution in [-0.4, -0.2) is 26.1 Å². The Morgan fingerprint density at radius 2 is 1.94 bits per heavy atom. The van der Waals surface area contributed by atoms with Crippen molar-refractivity contribution in [3.05, 3.63) is 68.7 Å². The number of nitrogen functional groups attached to an aromatic ring is 2. The number of nitriles is 1. The van der Waals surface area contributed by atoms with Gasteiger partial charge >= 0.3 is 0 Å². The minimum absolute atomic E-state index is 0.0148. The number of fused-ring (bicyclic) bond motifs is 1. The van der Waals surface area contributed by atoms with E-state index in [-0.39, 0.29) is 57.3 Å². The van der Waals surface area contributed by atoms with Gasteiger partial charge in [-0.05, 0) is 37.3 Å². The molecule has 2 aromatic heterocycles. The summed E-state index contributed by atoms with van der Waals surface area (Å²) in [6.45, 7) is 1.73. The largest absolute Gasteiger partial charge is 0.382 e. The lowest BCUT2D eigenvalue weighted by Gasteiger charge is -2.26. The number of hydrogen-bond donors (Lipinski definition) is 2. The minimum Gasteiger partial charge on any atom is -0.382 e. The van der Waals surface area contributed by atoms with Crippen molar-refractivity contribution >= 4 is 46.0 Å². The van der Waals surface area contributed by atoms with Gasteiger partial charge in [0.05, 0.1) is 21.6 Å². The molecule has 0 spiro atoms. The van der Waals surface area contributed by atoms with Crippen molar-refractivity contribution in [1.29, 1.82) is 5.26 Å². The van der Waals surface area contributed by atoms with E-state index in [4.69, 9.17) is 23.1 Å². The quantitative estimate of drug-likeness (QED) is 0.417. The standard InChI is InChI=1S/C22H16ClF3N8O/c1-2-33(19-13(9-27)18(28)31-21(29)32-19)22-30-15-5-3-4-14(23)16(15)20(35)34(22)12-7-10(17(25)26)6-11(24)8-12/h3-8,17H,2H2,1H3,(H4,28,29,31,32). The van der Waals surface area contributed by atoms with Crippen molar-refractivity contribution in [2.75, 3.05) is 22.9 Å². The van der Waals surface area contributed by atoms with Crippen LogP contribution >= 0.6 is 11.6 Å². The van der Waals surface area contributed by atoms with E-state index in [0.717, 1.165) is 16.7 Å². The second-order valence-electron chi connectivity index (χ2n) is 7.25. The Labute approximate surface area is 201 Å². The number of nitrogens with two attached hydrogens (primary N) is 2. The maximum atomic E-state index is 14.4. The lowest BCUT2D eigenvalue weighted by Crippen LogP contribution is -2.31. The molecule has 13 heteroatoms. The van der Waals surface area contributed by atoms with E-state index < -0.39 is 23.4 Å². The monoisotopic (exact) mass is 500 g/mol. The summed E-state index contributed by atoms with van der Waals surface area (Å²) in [6, 6.07) is 8.97. The van der Waals surface area contributed by atoms with Crippen LogP contribution in [0.15, 0.2) is 41.2 Å². The van der Waals surface area contributed by atoms with E-state index >= 15 is 0 Å². The Kier molecular flexibility index (Phi) is 6.19. The van der Waals surface area contributed by atoms with Gasteiger partial charge in [0.2, 0.25) is 11.9 Å². The summed E-state index contributed by atoms with van der Waals surface area (Å²) >= 11 is 6.25.